The van der Waals surface area contributed by atoms with Crippen LogP contribution in [0.5, 0.6) is 0 Å². The standard InChI is InChI=1S/C11H14BrF3N2O2S/c1-7-9(16)5-8(12)6-10(7)20(18,19)17-4-2-3-11(13,14)15/h5-6,17H,2-4,16H2,1H3. The molecule has 0 saturated heterocycles. The quantitative estimate of drug-likeness (QED) is 0.614. The van der Waals surface area contributed by atoms with E-state index in [4.69, 9.17) is 5.73 Å². The molecule has 0 saturated carbocycles. The number of nitrogens with one attached hydrogen (secondary N) is 1. The van der Waals surface area contributed by atoms with Gasteiger partial charge in [-0.1, -0.05) is 15.9 Å². The van der Waals surface area contributed by atoms with E-state index in [0.29, 0.717) is 10.0 Å². The third-order valence-corrected chi connectivity index (χ3v) is 4.63. The second-order valence-electron chi connectivity index (χ2n) is 4.23. The average molecular weight is 375 g/mol. The number of alkyl halides is 3. The minimum Gasteiger partial charge on any atom is -0.398 e. The van der Waals surface area contributed by atoms with Gasteiger partial charge >= 0.3 is 6.18 Å². The first-order valence-corrected chi connectivity index (χ1v) is 7.92. The van der Waals surface area contributed by atoms with E-state index in [-0.39, 0.29) is 23.5 Å². The topological polar surface area (TPSA) is 72.2 Å². The van der Waals surface area contributed by atoms with Crippen molar-refractivity contribution < 1.29 is 21.6 Å². The Hall–Kier alpha value is -0.800. The van der Waals surface area contributed by atoms with Crippen molar-refractivity contribution in [1.29, 1.82) is 0 Å². The molecule has 1 rings (SSSR count). The van der Waals surface area contributed by atoms with E-state index in [1.807, 2.05) is 0 Å². The summed E-state index contributed by atoms with van der Waals surface area (Å²) in [5.41, 5.74) is 6.30. The average Bonchev–Trinajstić information content (AvgIpc) is 2.28. The highest BCUT2D eigenvalue weighted by Crippen LogP contribution is 2.26. The first kappa shape index (κ1) is 17.3. The number of benzene rings is 1. The molecule has 0 aliphatic rings. The van der Waals surface area contributed by atoms with Crippen LogP contribution in [0.2, 0.25) is 0 Å². The van der Waals surface area contributed by atoms with Crippen molar-refractivity contribution in [3.05, 3.63) is 22.2 Å². The zero-order valence-corrected chi connectivity index (χ0v) is 13.0. The molecular weight excluding hydrogens is 361 g/mol. The fourth-order valence-corrected chi connectivity index (χ4v) is 3.53. The number of nitrogen functional groups attached to an aromatic ring is 1. The van der Waals surface area contributed by atoms with E-state index >= 15 is 0 Å². The van der Waals surface area contributed by atoms with Gasteiger partial charge in [-0.2, -0.15) is 13.2 Å². The van der Waals surface area contributed by atoms with Crippen LogP contribution < -0.4 is 10.5 Å². The van der Waals surface area contributed by atoms with Gasteiger partial charge in [0.15, 0.2) is 0 Å². The van der Waals surface area contributed by atoms with Crippen LogP contribution in [0.15, 0.2) is 21.5 Å². The Morgan fingerprint density at radius 2 is 1.95 bits per heavy atom. The first-order valence-electron chi connectivity index (χ1n) is 5.65. The Kier molecular flexibility index (Phi) is 5.45. The molecule has 0 aromatic heterocycles. The number of rotatable bonds is 5. The van der Waals surface area contributed by atoms with Gasteiger partial charge < -0.3 is 5.73 Å². The van der Waals surface area contributed by atoms with Gasteiger partial charge in [0.25, 0.3) is 0 Å². The van der Waals surface area contributed by atoms with Crippen LogP contribution >= 0.6 is 15.9 Å². The van der Waals surface area contributed by atoms with Crippen molar-refractivity contribution in [1.82, 2.24) is 4.72 Å². The van der Waals surface area contributed by atoms with Gasteiger partial charge in [-0.3, -0.25) is 0 Å². The molecule has 0 aliphatic heterocycles. The maximum absolute atomic E-state index is 12.0. The molecule has 0 atom stereocenters. The van der Waals surface area contributed by atoms with E-state index in [9.17, 15) is 21.6 Å². The molecule has 9 heteroatoms. The van der Waals surface area contributed by atoms with E-state index in [0.717, 1.165) is 0 Å². The number of halogens is 4. The highest BCUT2D eigenvalue weighted by molar-refractivity contribution is 9.10. The highest BCUT2D eigenvalue weighted by Gasteiger charge is 2.26. The predicted molar refractivity (Wildman–Crippen MR) is 73.8 cm³/mol. The van der Waals surface area contributed by atoms with E-state index in [1.165, 1.54) is 13.0 Å². The monoisotopic (exact) mass is 374 g/mol. The van der Waals surface area contributed by atoms with Crippen molar-refractivity contribution >= 4 is 31.6 Å². The van der Waals surface area contributed by atoms with Crippen molar-refractivity contribution in [3.63, 3.8) is 0 Å². The molecule has 114 valence electrons. The molecule has 3 N–H and O–H groups in total. The van der Waals surface area contributed by atoms with Gasteiger partial charge in [0, 0.05) is 23.1 Å². The van der Waals surface area contributed by atoms with Crippen molar-refractivity contribution in [2.45, 2.75) is 30.8 Å². The van der Waals surface area contributed by atoms with Gasteiger partial charge in [0.2, 0.25) is 10.0 Å². The summed E-state index contributed by atoms with van der Waals surface area (Å²) in [6.45, 7) is 1.25. The van der Waals surface area contributed by atoms with Crippen LogP contribution in [0.4, 0.5) is 18.9 Å². The summed E-state index contributed by atoms with van der Waals surface area (Å²) in [6, 6.07) is 2.91. The molecule has 0 fully saturated rings. The molecule has 0 spiro atoms. The zero-order valence-electron chi connectivity index (χ0n) is 10.6. The van der Waals surface area contributed by atoms with Gasteiger partial charge in [0.1, 0.15) is 0 Å². The number of hydrogen-bond donors (Lipinski definition) is 2. The maximum atomic E-state index is 12.0. The maximum Gasteiger partial charge on any atom is 0.389 e. The Labute approximate surface area is 123 Å². The Bertz CT molecular complexity index is 588. The Morgan fingerprint density at radius 3 is 2.50 bits per heavy atom. The lowest BCUT2D eigenvalue weighted by molar-refractivity contribution is -0.135. The zero-order chi connectivity index (χ0) is 15.6. The van der Waals surface area contributed by atoms with E-state index in [1.54, 1.807) is 6.07 Å². The minimum atomic E-state index is -4.29. The number of anilines is 1. The molecule has 0 heterocycles. The van der Waals surface area contributed by atoms with Crippen molar-refractivity contribution in [2.24, 2.45) is 0 Å². The van der Waals surface area contributed by atoms with Gasteiger partial charge in [-0.15, -0.1) is 0 Å². The van der Waals surface area contributed by atoms with E-state index < -0.39 is 22.6 Å². The summed E-state index contributed by atoms with van der Waals surface area (Å²) in [4.78, 5) is -0.0450. The van der Waals surface area contributed by atoms with Crippen LogP contribution in [0, 0.1) is 6.92 Å². The van der Waals surface area contributed by atoms with Crippen molar-refractivity contribution in [3.8, 4) is 0 Å². The fraction of sp³-hybridized carbons (Fsp3) is 0.455. The second-order valence-corrected chi connectivity index (χ2v) is 6.89. The summed E-state index contributed by atoms with van der Waals surface area (Å²) < 4.78 is 62.6. The molecule has 0 aliphatic carbocycles. The molecule has 0 bridgehead atoms. The SMILES string of the molecule is Cc1c(N)cc(Br)cc1S(=O)(=O)NCCCC(F)(F)F. The van der Waals surface area contributed by atoms with Crippen LogP contribution in [-0.4, -0.2) is 21.1 Å². The molecule has 20 heavy (non-hydrogen) atoms. The Balaban J connectivity index is 2.80. The Morgan fingerprint density at radius 1 is 1.35 bits per heavy atom. The normalized spacial score (nSPS) is 12.7. The lowest BCUT2D eigenvalue weighted by Gasteiger charge is -2.12. The van der Waals surface area contributed by atoms with Crippen molar-refractivity contribution in [2.75, 3.05) is 12.3 Å². The van der Waals surface area contributed by atoms with Gasteiger partial charge in [0.05, 0.1) is 4.90 Å². The lowest BCUT2D eigenvalue weighted by Crippen LogP contribution is -2.26. The number of sulfonamides is 1. The van der Waals surface area contributed by atoms with Crippen LogP contribution in [0.25, 0.3) is 0 Å². The smallest absolute Gasteiger partial charge is 0.389 e. The lowest BCUT2D eigenvalue weighted by atomic mass is 10.2. The second kappa shape index (κ2) is 6.31. The van der Waals surface area contributed by atoms with E-state index in [2.05, 4.69) is 20.7 Å². The molecule has 4 nitrogen and oxygen atoms in total. The largest absolute Gasteiger partial charge is 0.398 e. The summed E-state index contributed by atoms with van der Waals surface area (Å²) >= 11 is 3.13. The van der Waals surface area contributed by atoms with Crippen LogP contribution in [0.3, 0.4) is 0 Å². The third-order valence-electron chi connectivity index (χ3n) is 2.58. The van der Waals surface area contributed by atoms with Gasteiger partial charge in [-0.05, 0) is 31.0 Å². The minimum absolute atomic E-state index is 0.0450. The van der Waals surface area contributed by atoms with Crippen LogP contribution in [0.1, 0.15) is 18.4 Å². The summed E-state index contributed by atoms with van der Waals surface area (Å²) in [5.74, 6) is 0. The van der Waals surface area contributed by atoms with Gasteiger partial charge in [-0.25, -0.2) is 13.1 Å². The third kappa shape index (κ3) is 4.95. The summed E-state index contributed by atoms with van der Waals surface area (Å²) in [5, 5.41) is 0. The highest BCUT2D eigenvalue weighted by atomic mass is 79.9. The number of nitrogens with two attached hydrogens (primary N) is 1. The molecule has 0 radical (unpaired) electrons. The summed E-state index contributed by atoms with van der Waals surface area (Å²) in [7, 11) is -3.88. The predicted octanol–water partition coefficient (Wildman–Crippen LogP) is 2.96. The van der Waals surface area contributed by atoms with Crippen LogP contribution in [-0.2, 0) is 10.0 Å². The molecule has 1 aromatic rings. The molecule has 0 unspecified atom stereocenters. The fourth-order valence-electron chi connectivity index (χ4n) is 1.53. The molecular formula is C11H14BrF3N2O2S. The first-order chi connectivity index (χ1) is 9.03. The molecule has 0 amide bonds. The molecule has 1 aromatic carbocycles. The summed E-state index contributed by atoms with van der Waals surface area (Å²) in [6.07, 6.45) is -5.64. The number of hydrogen-bond acceptors (Lipinski definition) is 3.